The smallest absolute Gasteiger partial charge is 0.257 e. The predicted octanol–water partition coefficient (Wildman–Crippen LogP) is 2.65. The molecule has 2 amide bonds. The standard InChI is InChI=1S/C22H20N6O3/c1-31-10-9-23-22(30)16-11-18-19(27-20(26-18)14-5-3-2-4-6-14)12-17(16)28-21(29)15-7-8-24-25-13-15/h2-8,11-13H,9-10H2,1H3,(H,23,30)(H,26,27)(H,28,29). The number of anilines is 1. The van der Waals surface area contributed by atoms with Gasteiger partial charge in [-0.25, -0.2) is 4.98 Å². The number of H-pyrrole nitrogens is 1. The highest BCUT2D eigenvalue weighted by Gasteiger charge is 2.18. The molecule has 9 nitrogen and oxygen atoms in total. The molecule has 0 spiro atoms. The number of carbonyl (C=O) groups excluding carboxylic acids is 2. The molecule has 0 radical (unpaired) electrons. The number of nitrogens with zero attached hydrogens (tertiary/aromatic N) is 3. The fraction of sp³-hybridized carbons (Fsp3) is 0.136. The van der Waals surface area contributed by atoms with Gasteiger partial charge in [0.25, 0.3) is 11.8 Å². The minimum Gasteiger partial charge on any atom is -0.383 e. The van der Waals surface area contributed by atoms with Crippen LogP contribution in [0.2, 0.25) is 0 Å². The molecule has 0 unspecified atom stereocenters. The lowest BCUT2D eigenvalue weighted by Gasteiger charge is -2.12. The molecule has 0 fully saturated rings. The van der Waals surface area contributed by atoms with E-state index in [1.807, 2.05) is 30.3 Å². The van der Waals surface area contributed by atoms with Crippen LogP contribution in [0.5, 0.6) is 0 Å². The van der Waals surface area contributed by atoms with Crippen LogP contribution in [0.25, 0.3) is 22.4 Å². The summed E-state index contributed by atoms with van der Waals surface area (Å²) in [6, 6.07) is 14.5. The summed E-state index contributed by atoms with van der Waals surface area (Å²) in [5.74, 6) is -0.0693. The number of imidazole rings is 1. The molecule has 0 saturated carbocycles. The number of nitrogens with one attached hydrogen (secondary N) is 3. The summed E-state index contributed by atoms with van der Waals surface area (Å²) >= 11 is 0. The number of rotatable bonds is 7. The molecule has 0 aliphatic carbocycles. The van der Waals surface area contributed by atoms with E-state index in [4.69, 9.17) is 4.74 Å². The Morgan fingerprint density at radius 3 is 2.65 bits per heavy atom. The van der Waals surface area contributed by atoms with Crippen molar-refractivity contribution >= 4 is 28.5 Å². The van der Waals surface area contributed by atoms with Gasteiger partial charge in [0, 0.05) is 19.2 Å². The van der Waals surface area contributed by atoms with E-state index in [9.17, 15) is 9.59 Å². The number of carbonyl (C=O) groups is 2. The highest BCUT2D eigenvalue weighted by atomic mass is 16.5. The molecule has 2 aromatic heterocycles. The lowest BCUT2D eigenvalue weighted by molar-refractivity contribution is 0.0938. The Hall–Kier alpha value is -4.11. The van der Waals surface area contributed by atoms with Gasteiger partial charge in [-0.05, 0) is 18.2 Å². The van der Waals surface area contributed by atoms with E-state index >= 15 is 0 Å². The van der Waals surface area contributed by atoms with Crippen LogP contribution in [0.15, 0.2) is 60.9 Å². The zero-order valence-electron chi connectivity index (χ0n) is 16.8. The first kappa shape index (κ1) is 20.2. The van der Waals surface area contributed by atoms with Gasteiger partial charge in [0.15, 0.2) is 0 Å². The summed E-state index contributed by atoms with van der Waals surface area (Å²) < 4.78 is 4.99. The van der Waals surface area contributed by atoms with Crippen LogP contribution in [0, 0.1) is 0 Å². The maximum absolute atomic E-state index is 12.8. The van der Waals surface area contributed by atoms with Gasteiger partial charge >= 0.3 is 0 Å². The van der Waals surface area contributed by atoms with E-state index in [2.05, 4.69) is 30.8 Å². The Balaban J connectivity index is 1.72. The third-order valence-electron chi connectivity index (χ3n) is 4.60. The van der Waals surface area contributed by atoms with Gasteiger partial charge in [-0.2, -0.15) is 10.2 Å². The van der Waals surface area contributed by atoms with Gasteiger partial charge in [0.05, 0.1) is 46.8 Å². The van der Waals surface area contributed by atoms with Gasteiger partial charge in [-0.15, -0.1) is 0 Å². The molecular weight excluding hydrogens is 396 g/mol. The third kappa shape index (κ3) is 4.57. The molecule has 3 N–H and O–H groups in total. The molecule has 31 heavy (non-hydrogen) atoms. The predicted molar refractivity (Wildman–Crippen MR) is 116 cm³/mol. The molecule has 0 aliphatic heterocycles. The van der Waals surface area contributed by atoms with E-state index in [0.717, 1.165) is 5.56 Å². The number of methoxy groups -OCH3 is 1. The van der Waals surface area contributed by atoms with Crippen molar-refractivity contribution in [2.24, 2.45) is 0 Å². The van der Waals surface area contributed by atoms with Crippen LogP contribution in [0.3, 0.4) is 0 Å². The van der Waals surface area contributed by atoms with Crippen LogP contribution in [0.4, 0.5) is 5.69 Å². The summed E-state index contributed by atoms with van der Waals surface area (Å²) in [5, 5.41) is 13.0. The van der Waals surface area contributed by atoms with Crippen LogP contribution in [-0.4, -0.2) is 52.2 Å². The van der Waals surface area contributed by atoms with Crippen molar-refractivity contribution in [3.05, 3.63) is 72.1 Å². The van der Waals surface area contributed by atoms with Crippen molar-refractivity contribution in [2.75, 3.05) is 25.6 Å². The average molecular weight is 416 g/mol. The van der Waals surface area contributed by atoms with Gasteiger partial charge < -0.3 is 20.4 Å². The van der Waals surface area contributed by atoms with E-state index < -0.39 is 5.91 Å². The molecule has 156 valence electrons. The molecular formula is C22H20N6O3. The second-order valence-corrected chi connectivity index (χ2v) is 6.70. The molecule has 2 heterocycles. The molecule has 0 saturated heterocycles. The Kier molecular flexibility index (Phi) is 5.95. The molecule has 0 aliphatic rings. The van der Waals surface area contributed by atoms with E-state index in [-0.39, 0.29) is 5.91 Å². The summed E-state index contributed by atoms with van der Waals surface area (Å²) in [7, 11) is 1.56. The summed E-state index contributed by atoms with van der Waals surface area (Å²) in [5.41, 5.74) is 3.19. The first-order chi connectivity index (χ1) is 15.2. The maximum atomic E-state index is 12.8. The van der Waals surface area contributed by atoms with Crippen LogP contribution in [0.1, 0.15) is 20.7 Å². The van der Waals surface area contributed by atoms with Crippen molar-refractivity contribution < 1.29 is 14.3 Å². The lowest BCUT2D eigenvalue weighted by Crippen LogP contribution is -2.28. The Morgan fingerprint density at radius 2 is 1.90 bits per heavy atom. The number of hydrogen-bond donors (Lipinski definition) is 3. The number of ether oxygens (including phenoxy) is 1. The second-order valence-electron chi connectivity index (χ2n) is 6.70. The molecule has 4 aromatic rings. The number of aromatic nitrogens is 4. The van der Waals surface area contributed by atoms with E-state index in [1.54, 1.807) is 25.3 Å². The van der Waals surface area contributed by atoms with E-state index in [0.29, 0.717) is 46.8 Å². The highest BCUT2D eigenvalue weighted by Crippen LogP contribution is 2.26. The van der Waals surface area contributed by atoms with Crippen molar-refractivity contribution in [3.8, 4) is 11.4 Å². The van der Waals surface area contributed by atoms with Crippen molar-refractivity contribution in [1.29, 1.82) is 0 Å². The minimum absolute atomic E-state index is 0.308. The van der Waals surface area contributed by atoms with Gasteiger partial charge in [-0.1, -0.05) is 30.3 Å². The zero-order valence-corrected chi connectivity index (χ0v) is 16.8. The molecule has 9 heteroatoms. The number of benzene rings is 2. The van der Waals surface area contributed by atoms with Crippen molar-refractivity contribution in [3.63, 3.8) is 0 Å². The number of hydrogen-bond acceptors (Lipinski definition) is 6. The van der Waals surface area contributed by atoms with Crippen LogP contribution >= 0.6 is 0 Å². The average Bonchev–Trinajstić information content (AvgIpc) is 3.23. The summed E-state index contributed by atoms with van der Waals surface area (Å²) in [6.45, 7) is 0.716. The normalized spacial score (nSPS) is 10.7. The number of aromatic amines is 1. The molecule has 2 aromatic carbocycles. The Labute approximate surface area is 177 Å². The quantitative estimate of drug-likeness (QED) is 0.398. The van der Waals surface area contributed by atoms with Crippen molar-refractivity contribution in [2.45, 2.75) is 0 Å². The largest absolute Gasteiger partial charge is 0.383 e. The van der Waals surface area contributed by atoms with E-state index in [1.165, 1.54) is 12.4 Å². The SMILES string of the molecule is COCCNC(=O)c1cc2[nH]c(-c3ccccc3)nc2cc1NC(=O)c1ccnnc1. The van der Waals surface area contributed by atoms with Gasteiger partial charge in [-0.3, -0.25) is 9.59 Å². The number of fused-ring (bicyclic) bond motifs is 1. The molecule has 0 bridgehead atoms. The highest BCUT2D eigenvalue weighted by molar-refractivity contribution is 6.10. The Bertz CT molecular complexity index is 1210. The first-order valence-corrected chi connectivity index (χ1v) is 9.60. The number of amides is 2. The minimum atomic E-state index is -0.404. The van der Waals surface area contributed by atoms with Crippen LogP contribution in [-0.2, 0) is 4.74 Å². The first-order valence-electron chi connectivity index (χ1n) is 9.60. The summed E-state index contributed by atoms with van der Waals surface area (Å²) in [4.78, 5) is 33.3. The van der Waals surface area contributed by atoms with Gasteiger partial charge in [0.1, 0.15) is 5.82 Å². The lowest BCUT2D eigenvalue weighted by atomic mass is 10.1. The maximum Gasteiger partial charge on any atom is 0.257 e. The topological polar surface area (TPSA) is 122 Å². The Morgan fingerprint density at radius 1 is 1.06 bits per heavy atom. The van der Waals surface area contributed by atoms with Crippen LogP contribution < -0.4 is 10.6 Å². The fourth-order valence-corrected chi connectivity index (χ4v) is 3.06. The zero-order chi connectivity index (χ0) is 21.6. The second kappa shape index (κ2) is 9.14. The van der Waals surface area contributed by atoms with Crippen molar-refractivity contribution in [1.82, 2.24) is 25.5 Å². The monoisotopic (exact) mass is 416 g/mol. The summed E-state index contributed by atoms with van der Waals surface area (Å²) in [6.07, 6.45) is 2.78. The molecule has 0 atom stereocenters. The third-order valence-corrected chi connectivity index (χ3v) is 4.60. The van der Waals surface area contributed by atoms with Gasteiger partial charge in [0.2, 0.25) is 0 Å². The fourth-order valence-electron chi connectivity index (χ4n) is 3.06. The molecule has 4 rings (SSSR count).